The molecule has 3 heteroatoms. The molecule has 2 fully saturated rings. The Morgan fingerprint density at radius 2 is 1.62 bits per heavy atom. The quantitative estimate of drug-likeness (QED) is 0.392. The summed E-state index contributed by atoms with van der Waals surface area (Å²) in [6.07, 6.45) is 8.91. The molecule has 0 aromatic carbocycles. The van der Waals surface area contributed by atoms with Crippen LogP contribution in [0.4, 0.5) is 0 Å². The van der Waals surface area contributed by atoms with Gasteiger partial charge in [0.15, 0.2) is 16.6 Å². The molecular formula is C21H44OSi2. The summed E-state index contributed by atoms with van der Waals surface area (Å²) >= 11 is 0. The molecule has 5 atom stereocenters. The van der Waals surface area contributed by atoms with Crippen LogP contribution in [0.25, 0.3) is 0 Å². The van der Waals surface area contributed by atoms with Gasteiger partial charge >= 0.3 is 0 Å². The third kappa shape index (κ3) is 5.44. The maximum absolute atomic E-state index is 6.59. The van der Waals surface area contributed by atoms with Crippen LogP contribution in [0, 0.1) is 35.5 Å². The normalized spacial score (nSPS) is 33.6. The van der Waals surface area contributed by atoms with Gasteiger partial charge in [0.2, 0.25) is 0 Å². The van der Waals surface area contributed by atoms with Gasteiger partial charge in [0.1, 0.15) is 0 Å². The maximum atomic E-state index is 6.59. The highest BCUT2D eigenvalue weighted by molar-refractivity contribution is 6.84. The summed E-state index contributed by atoms with van der Waals surface area (Å²) in [5, 5.41) is 0. The maximum Gasteiger partial charge on any atom is 0.173 e. The molecule has 0 aliphatic heterocycles. The van der Waals surface area contributed by atoms with Crippen molar-refractivity contribution in [3.63, 3.8) is 0 Å². The van der Waals surface area contributed by atoms with Crippen molar-refractivity contribution in [3.8, 4) is 0 Å². The first-order chi connectivity index (χ1) is 11.0. The fourth-order valence-electron chi connectivity index (χ4n) is 6.16. The summed E-state index contributed by atoms with van der Waals surface area (Å²) < 4.78 is 6.59. The van der Waals surface area contributed by atoms with Crippen LogP contribution in [0.1, 0.15) is 59.3 Å². The largest absolute Gasteiger partial charge is 0.456 e. The average molecular weight is 369 g/mol. The molecule has 2 saturated carbocycles. The average Bonchev–Trinajstić information content (AvgIpc) is 2.93. The van der Waals surface area contributed by atoms with Crippen molar-refractivity contribution in [2.75, 3.05) is 0 Å². The van der Waals surface area contributed by atoms with E-state index in [2.05, 4.69) is 53.5 Å². The van der Waals surface area contributed by atoms with Crippen LogP contribution in [-0.4, -0.2) is 16.6 Å². The molecule has 2 bridgehead atoms. The topological polar surface area (TPSA) is 9.23 Å². The van der Waals surface area contributed by atoms with Gasteiger partial charge in [-0.2, -0.15) is 0 Å². The molecular weight excluding hydrogens is 324 g/mol. The van der Waals surface area contributed by atoms with Gasteiger partial charge < -0.3 is 4.12 Å². The van der Waals surface area contributed by atoms with Gasteiger partial charge in [-0.05, 0) is 93.5 Å². The van der Waals surface area contributed by atoms with Gasteiger partial charge in [0.05, 0.1) is 0 Å². The third-order valence-electron chi connectivity index (χ3n) is 6.56. The van der Waals surface area contributed by atoms with Gasteiger partial charge in [-0.15, -0.1) is 0 Å². The monoisotopic (exact) mass is 368 g/mol. The molecule has 0 saturated heterocycles. The molecule has 0 aromatic rings. The zero-order valence-electron chi connectivity index (χ0n) is 17.8. The van der Waals surface area contributed by atoms with Crippen molar-refractivity contribution in [2.24, 2.45) is 35.5 Å². The first-order valence-corrected chi connectivity index (χ1v) is 17.2. The molecule has 0 heterocycles. The van der Waals surface area contributed by atoms with Gasteiger partial charge in [0.25, 0.3) is 0 Å². The smallest absolute Gasteiger partial charge is 0.173 e. The van der Waals surface area contributed by atoms with Crippen LogP contribution >= 0.6 is 0 Å². The summed E-state index contributed by atoms with van der Waals surface area (Å²) in [6, 6.07) is 1.39. The Kier molecular flexibility index (Phi) is 6.87. The molecule has 0 radical (unpaired) electrons. The zero-order valence-corrected chi connectivity index (χ0v) is 19.8. The van der Waals surface area contributed by atoms with Gasteiger partial charge in [-0.1, -0.05) is 40.0 Å². The Bertz CT molecular complexity index is 399. The minimum atomic E-state index is -1.46. The van der Waals surface area contributed by atoms with E-state index in [1.807, 2.05) is 0 Å². The molecule has 2 aliphatic carbocycles. The summed E-state index contributed by atoms with van der Waals surface area (Å²) in [5.41, 5.74) is 0. The van der Waals surface area contributed by atoms with Crippen LogP contribution in [0.3, 0.4) is 0 Å². The Morgan fingerprint density at radius 1 is 0.958 bits per heavy atom. The van der Waals surface area contributed by atoms with Crippen LogP contribution in [-0.2, 0) is 4.12 Å². The van der Waals surface area contributed by atoms with Crippen LogP contribution in [0.15, 0.2) is 0 Å². The lowest BCUT2D eigenvalue weighted by Crippen LogP contribution is -2.42. The molecule has 0 N–H and O–H groups in total. The van der Waals surface area contributed by atoms with E-state index in [1.54, 1.807) is 12.8 Å². The third-order valence-corrected chi connectivity index (χ3v) is 12.7. The SMILES string of the molecule is CCCC1C(CC(C)C)C2CC(CC[Si](C)(C)O[Si](C)(C)C)C1C2. The molecule has 2 rings (SSSR count). The van der Waals surface area contributed by atoms with Crippen LogP contribution in [0.2, 0.25) is 38.8 Å². The van der Waals surface area contributed by atoms with E-state index >= 15 is 0 Å². The first-order valence-electron chi connectivity index (χ1n) is 10.7. The number of rotatable bonds is 9. The standard InChI is InChI=1S/C21H44OSi2/c1-9-10-19-20(13-16(2)3)18-14-17(21(19)15-18)11-12-24(7,8)22-23(4,5)6/h16-21H,9-15H2,1-8H3. The van der Waals surface area contributed by atoms with Gasteiger partial charge in [0, 0.05) is 0 Å². The first kappa shape index (κ1) is 20.7. The van der Waals surface area contributed by atoms with E-state index < -0.39 is 16.6 Å². The zero-order chi connectivity index (χ0) is 18.1. The second-order valence-corrected chi connectivity index (χ2v) is 20.0. The number of fused-ring (bicyclic) bond motifs is 2. The molecule has 1 nitrogen and oxygen atoms in total. The molecule has 0 aromatic heterocycles. The lowest BCUT2D eigenvalue weighted by Gasteiger charge is -2.38. The number of hydrogen-bond acceptors (Lipinski definition) is 1. The highest BCUT2D eigenvalue weighted by Gasteiger charge is 2.51. The minimum Gasteiger partial charge on any atom is -0.456 e. The van der Waals surface area contributed by atoms with Crippen LogP contribution in [0.5, 0.6) is 0 Å². The Morgan fingerprint density at radius 3 is 2.17 bits per heavy atom. The molecule has 2 aliphatic rings. The van der Waals surface area contributed by atoms with Crippen molar-refractivity contribution < 1.29 is 4.12 Å². The minimum absolute atomic E-state index is 0.878. The van der Waals surface area contributed by atoms with E-state index in [-0.39, 0.29) is 0 Å². The van der Waals surface area contributed by atoms with Crippen molar-refractivity contribution in [1.29, 1.82) is 0 Å². The van der Waals surface area contributed by atoms with Crippen molar-refractivity contribution in [2.45, 2.75) is 98.1 Å². The Labute approximate surface area is 154 Å². The summed E-state index contributed by atoms with van der Waals surface area (Å²) in [7, 11) is -2.84. The van der Waals surface area contributed by atoms with E-state index in [1.165, 1.54) is 31.7 Å². The second kappa shape index (κ2) is 7.96. The predicted octanol–water partition coefficient (Wildman–Crippen LogP) is 7.17. The van der Waals surface area contributed by atoms with E-state index in [4.69, 9.17) is 4.12 Å². The lowest BCUT2D eigenvalue weighted by atomic mass is 9.69. The molecule has 24 heavy (non-hydrogen) atoms. The summed E-state index contributed by atoms with van der Waals surface area (Å²) in [4.78, 5) is 0. The Hall–Kier alpha value is 0.394. The molecule has 0 amide bonds. The van der Waals surface area contributed by atoms with Crippen molar-refractivity contribution in [1.82, 2.24) is 0 Å². The molecule has 5 unspecified atom stereocenters. The number of hydrogen-bond donors (Lipinski definition) is 0. The fraction of sp³-hybridized carbons (Fsp3) is 1.00. The Balaban J connectivity index is 1.93. The van der Waals surface area contributed by atoms with Crippen molar-refractivity contribution in [3.05, 3.63) is 0 Å². The summed E-state index contributed by atoms with van der Waals surface area (Å²) in [6.45, 7) is 19.2. The van der Waals surface area contributed by atoms with Gasteiger partial charge in [-0.25, -0.2) is 0 Å². The fourth-order valence-corrected chi connectivity index (χ4v) is 14.3. The highest BCUT2D eigenvalue weighted by Crippen LogP contribution is 2.59. The molecule has 142 valence electrons. The van der Waals surface area contributed by atoms with Crippen molar-refractivity contribution >= 4 is 16.6 Å². The predicted molar refractivity (Wildman–Crippen MR) is 112 cm³/mol. The summed E-state index contributed by atoms with van der Waals surface area (Å²) in [5.74, 6) is 6.10. The van der Waals surface area contributed by atoms with Gasteiger partial charge in [-0.3, -0.25) is 0 Å². The van der Waals surface area contributed by atoms with Crippen LogP contribution < -0.4 is 0 Å². The van der Waals surface area contributed by atoms with E-state index in [9.17, 15) is 0 Å². The molecule has 0 spiro atoms. The highest BCUT2D eigenvalue weighted by atomic mass is 28.4. The second-order valence-electron chi connectivity index (χ2n) is 10.9. The van der Waals surface area contributed by atoms with E-state index in [0.717, 1.165) is 35.5 Å². The van der Waals surface area contributed by atoms with E-state index in [0.29, 0.717) is 0 Å². The lowest BCUT2D eigenvalue weighted by molar-refractivity contribution is 0.129.